The third kappa shape index (κ3) is 1.50. The predicted molar refractivity (Wildman–Crippen MR) is 69.2 cm³/mol. The molecule has 18 heavy (non-hydrogen) atoms. The molecule has 2 aromatic rings. The van der Waals surface area contributed by atoms with Gasteiger partial charge in [-0.2, -0.15) is 10.1 Å². The topological polar surface area (TPSA) is 87.4 Å². The molecule has 1 aliphatic heterocycles. The number of rotatable bonds is 2. The molecule has 92 valence electrons. The van der Waals surface area contributed by atoms with Crippen LogP contribution in [-0.4, -0.2) is 28.1 Å². The summed E-state index contributed by atoms with van der Waals surface area (Å²) < 4.78 is 0. The number of nitrogens with one attached hydrogen (secondary N) is 1. The first-order chi connectivity index (χ1) is 8.70. The highest BCUT2D eigenvalue weighted by molar-refractivity contribution is 6.14. The second-order valence-corrected chi connectivity index (χ2v) is 4.26. The summed E-state index contributed by atoms with van der Waals surface area (Å²) >= 11 is 0. The first-order valence-corrected chi connectivity index (χ1v) is 5.74. The van der Waals surface area contributed by atoms with E-state index < -0.39 is 0 Å². The van der Waals surface area contributed by atoms with E-state index in [2.05, 4.69) is 15.1 Å². The van der Waals surface area contributed by atoms with Crippen LogP contribution < -0.4 is 10.7 Å². The number of benzene rings is 1. The van der Waals surface area contributed by atoms with E-state index in [0.717, 1.165) is 16.7 Å². The number of carbonyl (C=O) groups is 1. The molecular formula is C12H13N5O. The van der Waals surface area contributed by atoms with E-state index in [0.29, 0.717) is 5.95 Å². The number of anilines is 1. The Morgan fingerprint density at radius 3 is 2.89 bits per heavy atom. The van der Waals surface area contributed by atoms with Crippen molar-refractivity contribution in [3.05, 3.63) is 24.3 Å². The molecule has 0 radical (unpaired) electrons. The second kappa shape index (κ2) is 3.92. The molecule has 0 spiro atoms. The number of para-hydroxylation sites is 2. The van der Waals surface area contributed by atoms with Crippen LogP contribution in [0.2, 0.25) is 0 Å². The number of hydrazone groups is 1. The third-order valence-electron chi connectivity index (χ3n) is 3.08. The highest BCUT2D eigenvalue weighted by Crippen LogP contribution is 2.23. The molecule has 3 N–H and O–H groups in total. The predicted octanol–water partition coefficient (Wildman–Crippen LogP) is 0.860. The molecule has 0 saturated carbocycles. The van der Waals surface area contributed by atoms with Gasteiger partial charge in [0, 0.05) is 12.3 Å². The van der Waals surface area contributed by atoms with Gasteiger partial charge in [-0.15, -0.1) is 0 Å². The number of nitrogens with zero attached hydrogens (tertiary/aromatic N) is 3. The first kappa shape index (κ1) is 10.9. The van der Waals surface area contributed by atoms with Crippen molar-refractivity contribution >= 4 is 28.6 Å². The first-order valence-electron chi connectivity index (χ1n) is 5.74. The van der Waals surface area contributed by atoms with E-state index in [1.807, 2.05) is 24.3 Å². The molecule has 3 rings (SSSR count). The number of hydrogen-bond donors (Lipinski definition) is 2. The van der Waals surface area contributed by atoms with Crippen molar-refractivity contribution in [1.29, 1.82) is 0 Å². The fourth-order valence-corrected chi connectivity index (χ4v) is 2.07. The largest absolute Gasteiger partial charge is 0.329 e. The van der Waals surface area contributed by atoms with Gasteiger partial charge in [-0.05, 0) is 19.1 Å². The number of hydrogen-bond acceptors (Lipinski definition) is 4. The van der Waals surface area contributed by atoms with Gasteiger partial charge >= 0.3 is 0 Å². The molecule has 1 aliphatic rings. The lowest BCUT2D eigenvalue weighted by atomic mass is 10.1. The zero-order chi connectivity index (χ0) is 12.7. The number of carbonyl (C=O) groups excluding carboxylic acids is 1. The average molecular weight is 243 g/mol. The Bertz CT molecular complexity index is 612. The van der Waals surface area contributed by atoms with Gasteiger partial charge in [0.15, 0.2) is 0 Å². The van der Waals surface area contributed by atoms with Crippen LogP contribution in [-0.2, 0) is 4.79 Å². The Hall–Kier alpha value is -2.21. The Kier molecular flexibility index (Phi) is 2.38. The molecule has 6 nitrogen and oxygen atoms in total. The minimum absolute atomic E-state index is 0.131. The monoisotopic (exact) mass is 243 g/mol. The minimum Gasteiger partial charge on any atom is -0.329 e. The van der Waals surface area contributed by atoms with Crippen molar-refractivity contribution < 1.29 is 4.79 Å². The van der Waals surface area contributed by atoms with Crippen LogP contribution in [0.4, 0.5) is 5.95 Å². The maximum Gasteiger partial charge on any atom is 0.260 e. The molecule has 1 aromatic carbocycles. The quantitative estimate of drug-likeness (QED) is 0.820. The lowest BCUT2D eigenvalue weighted by Gasteiger charge is -2.09. The molecule has 0 aliphatic carbocycles. The molecule has 2 heterocycles. The molecular weight excluding hydrogens is 230 g/mol. The summed E-state index contributed by atoms with van der Waals surface area (Å²) in [7, 11) is 0. The Labute approximate surface area is 103 Å². The van der Waals surface area contributed by atoms with Gasteiger partial charge in [-0.1, -0.05) is 12.1 Å². The van der Waals surface area contributed by atoms with Gasteiger partial charge in [-0.25, -0.2) is 4.98 Å². The SMILES string of the molecule is CC1=NN(c2nc3ccccc3[nH]2)C(=O)C1CN. The van der Waals surface area contributed by atoms with Gasteiger partial charge < -0.3 is 10.7 Å². The number of imidazole rings is 1. The van der Waals surface area contributed by atoms with Crippen molar-refractivity contribution in [1.82, 2.24) is 9.97 Å². The van der Waals surface area contributed by atoms with Gasteiger partial charge in [-0.3, -0.25) is 4.79 Å². The molecule has 1 atom stereocenters. The molecule has 6 heteroatoms. The van der Waals surface area contributed by atoms with Crippen LogP contribution in [0.25, 0.3) is 11.0 Å². The smallest absolute Gasteiger partial charge is 0.260 e. The minimum atomic E-state index is -0.335. The number of aromatic nitrogens is 2. The van der Waals surface area contributed by atoms with E-state index in [-0.39, 0.29) is 18.4 Å². The van der Waals surface area contributed by atoms with E-state index in [1.165, 1.54) is 5.01 Å². The highest BCUT2D eigenvalue weighted by atomic mass is 16.2. The van der Waals surface area contributed by atoms with Crippen LogP contribution in [0.5, 0.6) is 0 Å². The van der Waals surface area contributed by atoms with Crippen molar-refractivity contribution in [3.63, 3.8) is 0 Å². The molecule has 0 fully saturated rings. The number of H-pyrrole nitrogens is 1. The summed E-state index contributed by atoms with van der Waals surface area (Å²) in [6.45, 7) is 2.07. The molecule has 1 aromatic heterocycles. The Balaban J connectivity index is 2.03. The van der Waals surface area contributed by atoms with Crippen molar-refractivity contribution in [2.45, 2.75) is 6.92 Å². The summed E-state index contributed by atoms with van der Waals surface area (Å²) in [5, 5.41) is 5.51. The van der Waals surface area contributed by atoms with Crippen LogP contribution in [0.15, 0.2) is 29.4 Å². The average Bonchev–Trinajstić information content (AvgIpc) is 2.90. The van der Waals surface area contributed by atoms with Gasteiger partial charge in [0.05, 0.1) is 17.0 Å². The Morgan fingerprint density at radius 2 is 2.22 bits per heavy atom. The van der Waals surface area contributed by atoms with Crippen molar-refractivity contribution in [2.75, 3.05) is 11.6 Å². The fraction of sp³-hybridized carbons (Fsp3) is 0.250. The number of fused-ring (bicyclic) bond motifs is 1. The summed E-state index contributed by atoms with van der Waals surface area (Å²) in [6, 6.07) is 7.60. The van der Waals surface area contributed by atoms with Crippen molar-refractivity contribution in [3.8, 4) is 0 Å². The van der Waals surface area contributed by atoms with Crippen LogP contribution in [0.1, 0.15) is 6.92 Å². The van der Waals surface area contributed by atoms with E-state index in [9.17, 15) is 4.79 Å². The van der Waals surface area contributed by atoms with Gasteiger partial charge in [0.1, 0.15) is 0 Å². The molecule has 1 unspecified atom stereocenters. The van der Waals surface area contributed by atoms with E-state index >= 15 is 0 Å². The van der Waals surface area contributed by atoms with Gasteiger partial charge in [0.25, 0.3) is 5.91 Å². The van der Waals surface area contributed by atoms with Gasteiger partial charge in [0.2, 0.25) is 5.95 Å². The second-order valence-electron chi connectivity index (χ2n) is 4.26. The summed E-state index contributed by atoms with van der Waals surface area (Å²) in [5.41, 5.74) is 7.98. The standard InChI is InChI=1S/C12H13N5O/c1-7-8(6-13)11(18)17(16-7)12-14-9-4-2-3-5-10(9)15-12/h2-5,8H,6,13H2,1H3,(H,14,15). The summed E-state index contributed by atoms with van der Waals surface area (Å²) in [5.74, 6) is -0.0243. The number of aromatic amines is 1. The fourth-order valence-electron chi connectivity index (χ4n) is 2.07. The molecule has 0 bridgehead atoms. The third-order valence-corrected chi connectivity index (χ3v) is 3.08. The highest BCUT2D eigenvalue weighted by Gasteiger charge is 2.34. The number of amides is 1. The van der Waals surface area contributed by atoms with Crippen LogP contribution in [0, 0.1) is 5.92 Å². The van der Waals surface area contributed by atoms with Crippen LogP contribution in [0.3, 0.4) is 0 Å². The molecule has 1 amide bonds. The zero-order valence-electron chi connectivity index (χ0n) is 9.92. The maximum absolute atomic E-state index is 12.1. The maximum atomic E-state index is 12.1. The molecule has 0 saturated heterocycles. The zero-order valence-corrected chi connectivity index (χ0v) is 9.92. The van der Waals surface area contributed by atoms with Crippen molar-refractivity contribution in [2.24, 2.45) is 16.8 Å². The lowest BCUT2D eigenvalue weighted by Crippen LogP contribution is -2.32. The van der Waals surface area contributed by atoms with E-state index in [4.69, 9.17) is 5.73 Å². The van der Waals surface area contributed by atoms with E-state index in [1.54, 1.807) is 6.92 Å². The normalized spacial score (nSPS) is 19.7. The lowest BCUT2D eigenvalue weighted by molar-refractivity contribution is -0.119. The van der Waals surface area contributed by atoms with Crippen LogP contribution >= 0.6 is 0 Å². The summed E-state index contributed by atoms with van der Waals surface area (Å²) in [4.78, 5) is 19.5. The number of nitrogens with two attached hydrogens (primary N) is 1. The Morgan fingerprint density at radius 1 is 1.44 bits per heavy atom. The summed E-state index contributed by atoms with van der Waals surface area (Å²) in [6.07, 6.45) is 0.